The molecule has 0 saturated heterocycles. The summed E-state index contributed by atoms with van der Waals surface area (Å²) in [5.41, 5.74) is 1.44. The SMILES string of the molecule is O=C(CCS)OCCCOc1ccc(C2CCCCC2)cc1. The van der Waals surface area contributed by atoms with Crippen molar-refractivity contribution in [1.29, 1.82) is 0 Å². The Hall–Kier alpha value is -1.16. The molecule has 0 unspecified atom stereocenters. The van der Waals surface area contributed by atoms with E-state index in [4.69, 9.17) is 9.47 Å². The fourth-order valence-electron chi connectivity index (χ4n) is 2.87. The van der Waals surface area contributed by atoms with Crippen LogP contribution in [-0.2, 0) is 9.53 Å². The summed E-state index contributed by atoms with van der Waals surface area (Å²) in [5.74, 6) is 1.96. The molecule has 0 radical (unpaired) electrons. The Kier molecular flexibility index (Phi) is 7.64. The van der Waals surface area contributed by atoms with Crippen molar-refractivity contribution < 1.29 is 14.3 Å². The Labute approximate surface area is 138 Å². The van der Waals surface area contributed by atoms with Crippen molar-refractivity contribution in [2.24, 2.45) is 0 Å². The molecule has 1 aromatic carbocycles. The van der Waals surface area contributed by atoms with Gasteiger partial charge >= 0.3 is 5.97 Å². The number of esters is 1. The summed E-state index contributed by atoms with van der Waals surface area (Å²) in [6, 6.07) is 8.49. The molecule has 0 spiro atoms. The minimum absolute atomic E-state index is 0.188. The number of hydrogen-bond donors (Lipinski definition) is 1. The molecule has 0 amide bonds. The fourth-order valence-corrected chi connectivity index (χ4v) is 3.05. The second-order valence-electron chi connectivity index (χ2n) is 5.80. The van der Waals surface area contributed by atoms with Gasteiger partial charge in [0.15, 0.2) is 0 Å². The molecule has 1 aliphatic rings. The number of ether oxygens (including phenoxy) is 2. The third-order valence-corrected chi connectivity index (χ3v) is 4.32. The van der Waals surface area contributed by atoms with E-state index in [1.54, 1.807) is 0 Å². The first kappa shape index (κ1) is 17.2. The molecule has 1 aliphatic carbocycles. The predicted molar refractivity (Wildman–Crippen MR) is 91.8 cm³/mol. The van der Waals surface area contributed by atoms with Crippen LogP contribution < -0.4 is 4.74 Å². The lowest BCUT2D eigenvalue weighted by atomic mass is 9.84. The van der Waals surface area contributed by atoms with Crippen LogP contribution in [0.3, 0.4) is 0 Å². The molecule has 0 bridgehead atoms. The third kappa shape index (κ3) is 5.91. The van der Waals surface area contributed by atoms with Gasteiger partial charge in [0.05, 0.1) is 19.6 Å². The van der Waals surface area contributed by atoms with E-state index in [9.17, 15) is 4.79 Å². The predicted octanol–water partition coefficient (Wildman–Crippen LogP) is 4.37. The highest BCUT2D eigenvalue weighted by Gasteiger charge is 2.15. The van der Waals surface area contributed by atoms with Gasteiger partial charge in [-0.05, 0) is 36.5 Å². The Balaban J connectivity index is 1.65. The minimum Gasteiger partial charge on any atom is -0.493 e. The lowest BCUT2D eigenvalue weighted by molar-refractivity contribution is -0.143. The van der Waals surface area contributed by atoms with Crippen LogP contribution in [-0.4, -0.2) is 24.9 Å². The molecule has 0 N–H and O–H groups in total. The molecular weight excluding hydrogens is 296 g/mol. The topological polar surface area (TPSA) is 35.5 Å². The van der Waals surface area contributed by atoms with Gasteiger partial charge < -0.3 is 9.47 Å². The van der Waals surface area contributed by atoms with Crippen molar-refractivity contribution in [2.45, 2.75) is 50.9 Å². The van der Waals surface area contributed by atoms with E-state index in [1.807, 2.05) is 0 Å². The van der Waals surface area contributed by atoms with E-state index in [2.05, 4.69) is 36.9 Å². The summed E-state index contributed by atoms with van der Waals surface area (Å²) in [4.78, 5) is 11.2. The summed E-state index contributed by atoms with van der Waals surface area (Å²) in [7, 11) is 0. The van der Waals surface area contributed by atoms with Crippen LogP contribution in [0.2, 0.25) is 0 Å². The van der Waals surface area contributed by atoms with Crippen LogP contribution in [0.1, 0.15) is 56.4 Å². The zero-order chi connectivity index (χ0) is 15.6. The van der Waals surface area contributed by atoms with Crippen molar-refractivity contribution in [1.82, 2.24) is 0 Å². The second-order valence-corrected chi connectivity index (χ2v) is 6.25. The van der Waals surface area contributed by atoms with E-state index >= 15 is 0 Å². The molecule has 0 heterocycles. The van der Waals surface area contributed by atoms with Crippen molar-refractivity contribution >= 4 is 18.6 Å². The molecule has 2 rings (SSSR count). The Morgan fingerprint density at radius 1 is 1.09 bits per heavy atom. The van der Waals surface area contributed by atoms with Crippen LogP contribution in [0.5, 0.6) is 5.75 Å². The highest BCUT2D eigenvalue weighted by atomic mass is 32.1. The van der Waals surface area contributed by atoms with E-state index in [0.29, 0.717) is 31.8 Å². The smallest absolute Gasteiger partial charge is 0.306 e. The Morgan fingerprint density at radius 2 is 1.82 bits per heavy atom. The van der Waals surface area contributed by atoms with Crippen molar-refractivity contribution in [2.75, 3.05) is 19.0 Å². The highest BCUT2D eigenvalue weighted by Crippen LogP contribution is 2.33. The quantitative estimate of drug-likeness (QED) is 0.439. The fraction of sp³-hybridized carbons (Fsp3) is 0.611. The Morgan fingerprint density at radius 3 is 2.50 bits per heavy atom. The first-order chi connectivity index (χ1) is 10.8. The lowest BCUT2D eigenvalue weighted by Crippen LogP contribution is -2.09. The Bertz CT molecular complexity index is 438. The van der Waals surface area contributed by atoms with Gasteiger partial charge in [-0.25, -0.2) is 0 Å². The summed E-state index contributed by atoms with van der Waals surface area (Å²) >= 11 is 3.99. The third-order valence-electron chi connectivity index (χ3n) is 4.09. The number of hydrogen-bond acceptors (Lipinski definition) is 4. The average Bonchev–Trinajstić information content (AvgIpc) is 2.56. The van der Waals surface area contributed by atoms with Gasteiger partial charge in [-0.15, -0.1) is 0 Å². The molecule has 4 heteroatoms. The first-order valence-electron chi connectivity index (χ1n) is 8.29. The maximum atomic E-state index is 11.2. The molecule has 1 aromatic rings. The van der Waals surface area contributed by atoms with Crippen LogP contribution in [0.4, 0.5) is 0 Å². The molecule has 22 heavy (non-hydrogen) atoms. The molecule has 1 saturated carbocycles. The summed E-state index contributed by atoms with van der Waals surface area (Å²) in [5, 5.41) is 0. The van der Waals surface area contributed by atoms with E-state index in [1.165, 1.54) is 37.7 Å². The van der Waals surface area contributed by atoms with Crippen molar-refractivity contribution in [3.05, 3.63) is 29.8 Å². The summed E-state index contributed by atoms with van der Waals surface area (Å²) in [6.07, 6.45) is 7.81. The van der Waals surface area contributed by atoms with Crippen LogP contribution >= 0.6 is 12.6 Å². The van der Waals surface area contributed by atoms with Crippen LogP contribution in [0.15, 0.2) is 24.3 Å². The van der Waals surface area contributed by atoms with E-state index in [0.717, 1.165) is 11.7 Å². The summed E-state index contributed by atoms with van der Waals surface area (Å²) < 4.78 is 10.7. The second kappa shape index (κ2) is 9.78. The number of thiol groups is 1. The average molecular weight is 322 g/mol. The summed E-state index contributed by atoms with van der Waals surface area (Å²) in [6.45, 7) is 0.976. The monoisotopic (exact) mass is 322 g/mol. The first-order valence-corrected chi connectivity index (χ1v) is 8.92. The van der Waals surface area contributed by atoms with Gasteiger partial charge in [0.1, 0.15) is 5.75 Å². The van der Waals surface area contributed by atoms with Gasteiger partial charge in [0.2, 0.25) is 0 Å². The van der Waals surface area contributed by atoms with Gasteiger partial charge in [-0.2, -0.15) is 12.6 Å². The lowest BCUT2D eigenvalue weighted by Gasteiger charge is -2.22. The van der Waals surface area contributed by atoms with E-state index in [-0.39, 0.29) is 5.97 Å². The molecular formula is C18H26O3S. The molecule has 122 valence electrons. The normalized spacial score (nSPS) is 15.5. The molecule has 0 atom stereocenters. The maximum Gasteiger partial charge on any atom is 0.306 e. The number of rotatable bonds is 8. The largest absolute Gasteiger partial charge is 0.493 e. The number of carbonyl (C=O) groups is 1. The van der Waals surface area contributed by atoms with Gasteiger partial charge in [-0.1, -0.05) is 31.4 Å². The maximum absolute atomic E-state index is 11.2. The van der Waals surface area contributed by atoms with Crippen molar-refractivity contribution in [3.63, 3.8) is 0 Å². The molecule has 0 aliphatic heterocycles. The number of benzene rings is 1. The number of carbonyl (C=O) groups excluding carboxylic acids is 1. The highest BCUT2D eigenvalue weighted by molar-refractivity contribution is 7.80. The molecule has 0 aromatic heterocycles. The van der Waals surface area contributed by atoms with Crippen LogP contribution in [0.25, 0.3) is 0 Å². The van der Waals surface area contributed by atoms with Gasteiger partial charge in [0, 0.05) is 12.2 Å². The molecule has 1 fully saturated rings. The van der Waals surface area contributed by atoms with E-state index < -0.39 is 0 Å². The zero-order valence-corrected chi connectivity index (χ0v) is 14.0. The van der Waals surface area contributed by atoms with Gasteiger partial charge in [-0.3, -0.25) is 4.79 Å². The standard InChI is InChI=1S/C18H26O3S/c19-18(11-14-22)21-13-4-12-20-17-9-7-16(8-10-17)15-5-2-1-3-6-15/h7-10,15,22H,1-6,11-14H2. The van der Waals surface area contributed by atoms with Crippen LogP contribution in [0, 0.1) is 0 Å². The van der Waals surface area contributed by atoms with Crippen molar-refractivity contribution in [3.8, 4) is 5.75 Å². The zero-order valence-electron chi connectivity index (χ0n) is 13.1. The minimum atomic E-state index is -0.188. The van der Waals surface area contributed by atoms with Gasteiger partial charge in [0.25, 0.3) is 0 Å². The molecule has 3 nitrogen and oxygen atoms in total.